The number of rotatable bonds is 5. The first-order valence-electron chi connectivity index (χ1n) is 6.97. The first-order valence-corrected chi connectivity index (χ1v) is 7.85. The van der Waals surface area contributed by atoms with Crippen LogP contribution >= 0.6 is 11.8 Å². The lowest BCUT2D eigenvalue weighted by molar-refractivity contribution is -0.124. The maximum Gasteiger partial charge on any atom is 0.237 e. The van der Waals surface area contributed by atoms with E-state index in [1.165, 1.54) is 17.7 Å². The van der Waals surface area contributed by atoms with Gasteiger partial charge in [0.15, 0.2) is 0 Å². The zero-order chi connectivity index (χ0) is 13.3. The number of hydrogen-bond donors (Lipinski definition) is 2. The molecule has 1 aromatic rings. The number of amides is 1. The SMILES string of the molecule is NC(=O)C1(NC2CC2)CCC(Sc2ccccc2)C1. The summed E-state index contributed by atoms with van der Waals surface area (Å²) in [7, 11) is 0. The largest absolute Gasteiger partial charge is 0.368 e. The standard InChI is InChI=1S/C15H20N2OS/c16-14(18)15(17-11-6-7-11)9-8-13(10-15)19-12-4-2-1-3-5-12/h1-5,11,13,17H,6-10H2,(H2,16,18). The van der Waals surface area contributed by atoms with E-state index in [1.54, 1.807) is 0 Å². The van der Waals surface area contributed by atoms with Gasteiger partial charge in [-0.15, -0.1) is 11.8 Å². The van der Waals surface area contributed by atoms with Gasteiger partial charge in [-0.25, -0.2) is 0 Å². The smallest absolute Gasteiger partial charge is 0.237 e. The number of carbonyl (C=O) groups is 1. The fourth-order valence-electron chi connectivity index (χ4n) is 2.84. The fourth-order valence-corrected chi connectivity index (χ4v) is 4.14. The average Bonchev–Trinajstić information content (AvgIpc) is 3.11. The van der Waals surface area contributed by atoms with Gasteiger partial charge in [0.1, 0.15) is 0 Å². The first-order chi connectivity index (χ1) is 9.18. The van der Waals surface area contributed by atoms with Crippen molar-refractivity contribution in [3.8, 4) is 0 Å². The van der Waals surface area contributed by atoms with Crippen LogP contribution in [0.3, 0.4) is 0 Å². The summed E-state index contributed by atoms with van der Waals surface area (Å²) in [4.78, 5) is 13.1. The lowest BCUT2D eigenvalue weighted by Crippen LogP contribution is -2.54. The van der Waals surface area contributed by atoms with E-state index in [0.29, 0.717) is 11.3 Å². The van der Waals surface area contributed by atoms with Crippen molar-refractivity contribution < 1.29 is 4.79 Å². The number of nitrogens with two attached hydrogens (primary N) is 1. The van der Waals surface area contributed by atoms with Gasteiger partial charge in [0, 0.05) is 16.2 Å². The van der Waals surface area contributed by atoms with Crippen molar-refractivity contribution in [1.82, 2.24) is 5.32 Å². The van der Waals surface area contributed by atoms with Crippen molar-refractivity contribution in [2.45, 2.75) is 53.8 Å². The maximum absolute atomic E-state index is 11.8. The van der Waals surface area contributed by atoms with Crippen LogP contribution in [0.2, 0.25) is 0 Å². The summed E-state index contributed by atoms with van der Waals surface area (Å²) in [6, 6.07) is 10.9. The van der Waals surface area contributed by atoms with Crippen molar-refractivity contribution in [1.29, 1.82) is 0 Å². The molecule has 0 heterocycles. The van der Waals surface area contributed by atoms with E-state index in [4.69, 9.17) is 5.73 Å². The Bertz CT molecular complexity index is 460. The van der Waals surface area contributed by atoms with Crippen LogP contribution in [0.25, 0.3) is 0 Å². The first kappa shape index (κ1) is 13.0. The fraction of sp³-hybridized carbons (Fsp3) is 0.533. The Morgan fingerprint density at radius 3 is 2.63 bits per heavy atom. The average molecular weight is 276 g/mol. The van der Waals surface area contributed by atoms with Crippen molar-refractivity contribution >= 4 is 17.7 Å². The Balaban J connectivity index is 1.65. The van der Waals surface area contributed by atoms with E-state index in [1.807, 2.05) is 17.8 Å². The minimum atomic E-state index is -0.451. The number of carbonyl (C=O) groups excluding carboxylic acids is 1. The minimum absolute atomic E-state index is 0.171. The molecule has 1 amide bonds. The molecule has 2 fully saturated rings. The molecule has 19 heavy (non-hydrogen) atoms. The van der Waals surface area contributed by atoms with Crippen LogP contribution in [0.4, 0.5) is 0 Å². The molecule has 0 radical (unpaired) electrons. The van der Waals surface area contributed by atoms with Crippen LogP contribution in [-0.2, 0) is 4.79 Å². The third-order valence-corrected chi connectivity index (χ3v) is 5.32. The van der Waals surface area contributed by atoms with Crippen LogP contribution in [-0.4, -0.2) is 22.7 Å². The zero-order valence-corrected chi connectivity index (χ0v) is 11.8. The highest BCUT2D eigenvalue weighted by atomic mass is 32.2. The predicted molar refractivity (Wildman–Crippen MR) is 78.0 cm³/mol. The van der Waals surface area contributed by atoms with Gasteiger partial charge in [-0.3, -0.25) is 4.79 Å². The maximum atomic E-state index is 11.8. The Labute approximate surface area is 118 Å². The van der Waals surface area contributed by atoms with Gasteiger partial charge in [-0.1, -0.05) is 18.2 Å². The molecule has 3 N–H and O–H groups in total. The van der Waals surface area contributed by atoms with Crippen LogP contribution in [0.1, 0.15) is 32.1 Å². The van der Waals surface area contributed by atoms with Crippen molar-refractivity contribution in [3.63, 3.8) is 0 Å². The second-order valence-corrected chi connectivity index (χ2v) is 7.03. The lowest BCUT2D eigenvalue weighted by atomic mass is 9.96. The van der Waals surface area contributed by atoms with Gasteiger partial charge in [0.2, 0.25) is 5.91 Å². The third-order valence-electron chi connectivity index (χ3n) is 4.04. The number of hydrogen-bond acceptors (Lipinski definition) is 3. The molecule has 4 heteroatoms. The van der Waals surface area contributed by atoms with E-state index in [0.717, 1.165) is 19.3 Å². The van der Waals surface area contributed by atoms with Crippen molar-refractivity contribution in [3.05, 3.63) is 30.3 Å². The molecule has 2 aliphatic rings. The molecule has 0 aromatic heterocycles. The van der Waals surface area contributed by atoms with E-state index in [9.17, 15) is 4.79 Å². The quantitative estimate of drug-likeness (QED) is 0.867. The summed E-state index contributed by atoms with van der Waals surface area (Å²) in [6.07, 6.45) is 5.17. The highest BCUT2D eigenvalue weighted by Gasteiger charge is 2.46. The van der Waals surface area contributed by atoms with E-state index in [-0.39, 0.29) is 5.91 Å². The third kappa shape index (κ3) is 2.95. The van der Waals surface area contributed by atoms with E-state index < -0.39 is 5.54 Å². The summed E-state index contributed by atoms with van der Waals surface area (Å²) in [5.41, 5.74) is 5.20. The Hall–Kier alpha value is -1.00. The zero-order valence-electron chi connectivity index (χ0n) is 11.0. The molecule has 2 aliphatic carbocycles. The van der Waals surface area contributed by atoms with E-state index in [2.05, 4.69) is 29.6 Å². The molecule has 2 atom stereocenters. The number of primary amides is 1. The molecule has 3 nitrogen and oxygen atoms in total. The lowest BCUT2D eigenvalue weighted by Gasteiger charge is -2.27. The molecule has 2 unspecified atom stereocenters. The Morgan fingerprint density at radius 2 is 2.00 bits per heavy atom. The summed E-state index contributed by atoms with van der Waals surface area (Å²) < 4.78 is 0. The molecule has 0 aliphatic heterocycles. The van der Waals surface area contributed by atoms with Crippen LogP contribution < -0.4 is 11.1 Å². The van der Waals surface area contributed by atoms with Gasteiger partial charge >= 0.3 is 0 Å². The molecule has 0 saturated heterocycles. The Morgan fingerprint density at radius 1 is 1.26 bits per heavy atom. The monoisotopic (exact) mass is 276 g/mol. The van der Waals surface area contributed by atoms with Crippen LogP contribution in [0, 0.1) is 0 Å². The Kier molecular flexibility index (Phi) is 3.54. The summed E-state index contributed by atoms with van der Waals surface area (Å²) in [5, 5.41) is 3.98. The van der Waals surface area contributed by atoms with Gasteiger partial charge in [-0.2, -0.15) is 0 Å². The minimum Gasteiger partial charge on any atom is -0.368 e. The molecular formula is C15H20N2OS. The number of benzene rings is 1. The second-order valence-electron chi connectivity index (χ2n) is 5.66. The van der Waals surface area contributed by atoms with Gasteiger partial charge < -0.3 is 11.1 Å². The highest BCUT2D eigenvalue weighted by molar-refractivity contribution is 8.00. The second kappa shape index (κ2) is 5.17. The van der Waals surface area contributed by atoms with Crippen molar-refractivity contribution in [2.75, 3.05) is 0 Å². The van der Waals surface area contributed by atoms with E-state index >= 15 is 0 Å². The van der Waals surface area contributed by atoms with Crippen molar-refractivity contribution in [2.24, 2.45) is 5.73 Å². The number of thioether (sulfide) groups is 1. The highest BCUT2D eigenvalue weighted by Crippen LogP contribution is 2.41. The molecule has 1 aromatic carbocycles. The van der Waals surface area contributed by atoms with Crippen LogP contribution in [0.5, 0.6) is 0 Å². The van der Waals surface area contributed by atoms with Gasteiger partial charge in [0.25, 0.3) is 0 Å². The summed E-state index contributed by atoms with van der Waals surface area (Å²) >= 11 is 1.87. The van der Waals surface area contributed by atoms with Crippen LogP contribution in [0.15, 0.2) is 35.2 Å². The normalized spacial score (nSPS) is 30.4. The molecular weight excluding hydrogens is 256 g/mol. The summed E-state index contributed by atoms with van der Waals surface area (Å²) in [6.45, 7) is 0. The number of nitrogens with one attached hydrogen (secondary N) is 1. The molecule has 0 spiro atoms. The topological polar surface area (TPSA) is 55.1 Å². The molecule has 3 rings (SSSR count). The predicted octanol–water partition coefficient (Wildman–Crippen LogP) is 2.31. The summed E-state index contributed by atoms with van der Waals surface area (Å²) in [5.74, 6) is -0.171. The van der Waals surface area contributed by atoms with Gasteiger partial charge in [-0.05, 0) is 44.2 Å². The molecule has 0 bridgehead atoms. The molecule has 102 valence electrons. The molecule has 2 saturated carbocycles. The van der Waals surface area contributed by atoms with Gasteiger partial charge in [0.05, 0.1) is 5.54 Å².